The molecule has 0 unspecified atom stereocenters. The molecule has 0 saturated carbocycles. The molecule has 4 nitrogen and oxygen atoms in total. The maximum atomic E-state index is 13.2. The first-order valence-electron chi connectivity index (χ1n) is 4.84. The Hall–Kier alpha value is -1.43. The van der Waals surface area contributed by atoms with Crippen molar-refractivity contribution in [3.63, 3.8) is 0 Å². The standard InChI is InChI=1S/C11H11BrFNO3/c1-14(6-5-9(15)16)11(17)7-3-2-4-8(13)10(7)12/h2-4H,5-6H2,1H3,(H,15,16). The maximum Gasteiger partial charge on any atom is 0.305 e. The first kappa shape index (κ1) is 13.6. The van der Waals surface area contributed by atoms with Gasteiger partial charge < -0.3 is 10.0 Å². The van der Waals surface area contributed by atoms with Crippen molar-refractivity contribution in [3.8, 4) is 0 Å². The van der Waals surface area contributed by atoms with Gasteiger partial charge in [0, 0.05) is 13.6 Å². The molecule has 1 N–H and O–H groups in total. The van der Waals surface area contributed by atoms with Crippen molar-refractivity contribution in [3.05, 3.63) is 34.1 Å². The van der Waals surface area contributed by atoms with Crippen molar-refractivity contribution in [2.75, 3.05) is 13.6 Å². The van der Waals surface area contributed by atoms with Crippen LogP contribution in [0.5, 0.6) is 0 Å². The van der Waals surface area contributed by atoms with Crippen LogP contribution in [0.15, 0.2) is 22.7 Å². The molecule has 0 aromatic heterocycles. The lowest BCUT2D eigenvalue weighted by Gasteiger charge is -2.16. The smallest absolute Gasteiger partial charge is 0.305 e. The van der Waals surface area contributed by atoms with Gasteiger partial charge in [0.2, 0.25) is 0 Å². The molecule has 0 heterocycles. The molecule has 0 saturated heterocycles. The molecule has 0 aliphatic carbocycles. The first-order chi connectivity index (χ1) is 7.93. The molecule has 0 aliphatic rings. The van der Waals surface area contributed by atoms with Gasteiger partial charge in [0.25, 0.3) is 5.91 Å². The largest absolute Gasteiger partial charge is 0.481 e. The Kier molecular flexibility index (Phi) is 4.62. The van der Waals surface area contributed by atoms with E-state index in [4.69, 9.17) is 5.11 Å². The molecule has 92 valence electrons. The summed E-state index contributed by atoms with van der Waals surface area (Å²) in [6.45, 7) is 0.0805. The average Bonchev–Trinajstić information content (AvgIpc) is 2.28. The first-order valence-corrected chi connectivity index (χ1v) is 5.64. The van der Waals surface area contributed by atoms with Crippen LogP contribution in [0.25, 0.3) is 0 Å². The number of carboxylic acids is 1. The Morgan fingerprint density at radius 3 is 2.71 bits per heavy atom. The minimum absolute atomic E-state index is 0.0805. The second-order valence-corrected chi connectivity index (χ2v) is 4.26. The molecule has 1 rings (SSSR count). The lowest BCUT2D eigenvalue weighted by atomic mass is 10.2. The summed E-state index contributed by atoms with van der Waals surface area (Å²) in [7, 11) is 1.47. The Morgan fingerprint density at radius 2 is 2.12 bits per heavy atom. The van der Waals surface area contributed by atoms with Gasteiger partial charge in [0.1, 0.15) is 5.82 Å². The molecule has 17 heavy (non-hydrogen) atoms. The molecular weight excluding hydrogens is 293 g/mol. The van der Waals surface area contributed by atoms with Crippen LogP contribution in [0, 0.1) is 5.82 Å². The zero-order valence-corrected chi connectivity index (χ0v) is 10.7. The molecule has 1 aromatic rings. The summed E-state index contributed by atoms with van der Waals surface area (Å²) in [4.78, 5) is 23.5. The van der Waals surface area contributed by atoms with Crippen LogP contribution >= 0.6 is 15.9 Å². The predicted molar refractivity (Wildman–Crippen MR) is 63.3 cm³/mol. The Morgan fingerprint density at radius 1 is 1.47 bits per heavy atom. The summed E-state index contributed by atoms with van der Waals surface area (Å²) in [6.07, 6.45) is -0.144. The van der Waals surface area contributed by atoms with Crippen molar-refractivity contribution >= 4 is 27.8 Å². The lowest BCUT2D eigenvalue weighted by molar-refractivity contribution is -0.137. The van der Waals surface area contributed by atoms with E-state index in [-0.39, 0.29) is 23.0 Å². The topological polar surface area (TPSA) is 57.6 Å². The number of nitrogens with zero attached hydrogens (tertiary/aromatic N) is 1. The third kappa shape index (κ3) is 3.52. The van der Waals surface area contributed by atoms with E-state index in [1.54, 1.807) is 0 Å². The van der Waals surface area contributed by atoms with E-state index < -0.39 is 17.7 Å². The van der Waals surface area contributed by atoms with Gasteiger partial charge >= 0.3 is 5.97 Å². The summed E-state index contributed by atoms with van der Waals surface area (Å²) in [5.41, 5.74) is 0.179. The number of carbonyl (C=O) groups excluding carboxylic acids is 1. The minimum atomic E-state index is -0.983. The molecule has 0 atom stereocenters. The maximum absolute atomic E-state index is 13.2. The van der Waals surface area contributed by atoms with Crippen molar-refractivity contribution in [1.29, 1.82) is 0 Å². The van der Waals surface area contributed by atoms with Gasteiger partial charge in [0.15, 0.2) is 0 Å². The second kappa shape index (κ2) is 5.77. The summed E-state index contributed by atoms with van der Waals surface area (Å²) < 4.78 is 13.3. The van der Waals surface area contributed by atoms with Crippen LogP contribution in [0.2, 0.25) is 0 Å². The highest BCUT2D eigenvalue weighted by molar-refractivity contribution is 9.10. The molecule has 0 aliphatic heterocycles. The van der Waals surface area contributed by atoms with Crippen LogP contribution in [0.4, 0.5) is 4.39 Å². The number of hydrogen-bond donors (Lipinski definition) is 1. The fourth-order valence-electron chi connectivity index (χ4n) is 1.24. The van der Waals surface area contributed by atoms with E-state index >= 15 is 0 Å². The van der Waals surface area contributed by atoms with Gasteiger partial charge in [-0.15, -0.1) is 0 Å². The van der Waals surface area contributed by atoms with Gasteiger partial charge in [-0.25, -0.2) is 4.39 Å². The number of halogens is 2. The Balaban J connectivity index is 2.82. The average molecular weight is 304 g/mol. The number of benzene rings is 1. The fourth-order valence-corrected chi connectivity index (χ4v) is 1.67. The molecule has 1 amide bonds. The zero-order valence-electron chi connectivity index (χ0n) is 9.11. The summed E-state index contributed by atoms with van der Waals surface area (Å²) in [5, 5.41) is 8.51. The van der Waals surface area contributed by atoms with Gasteiger partial charge in [-0.2, -0.15) is 0 Å². The molecular formula is C11H11BrFNO3. The number of amides is 1. The van der Waals surface area contributed by atoms with Crippen molar-refractivity contribution in [2.45, 2.75) is 6.42 Å². The van der Waals surface area contributed by atoms with Crippen molar-refractivity contribution < 1.29 is 19.1 Å². The fraction of sp³-hybridized carbons (Fsp3) is 0.273. The van der Waals surface area contributed by atoms with Gasteiger partial charge in [0.05, 0.1) is 16.5 Å². The highest BCUT2D eigenvalue weighted by Crippen LogP contribution is 2.21. The normalized spacial score (nSPS) is 10.1. The van der Waals surface area contributed by atoms with Crippen molar-refractivity contribution in [1.82, 2.24) is 4.90 Å². The van der Waals surface area contributed by atoms with Crippen LogP contribution < -0.4 is 0 Å². The van der Waals surface area contributed by atoms with Crippen LogP contribution in [0.1, 0.15) is 16.8 Å². The van der Waals surface area contributed by atoms with Gasteiger partial charge in [-0.1, -0.05) is 6.07 Å². The molecule has 0 fully saturated rings. The van der Waals surface area contributed by atoms with E-state index in [1.807, 2.05) is 0 Å². The van der Waals surface area contributed by atoms with Gasteiger partial charge in [-0.05, 0) is 28.1 Å². The number of rotatable bonds is 4. The highest BCUT2D eigenvalue weighted by Gasteiger charge is 2.17. The quantitative estimate of drug-likeness (QED) is 0.927. The molecule has 6 heteroatoms. The van der Waals surface area contributed by atoms with E-state index in [9.17, 15) is 14.0 Å². The van der Waals surface area contributed by atoms with E-state index in [1.165, 1.54) is 30.1 Å². The molecule has 1 aromatic carbocycles. The molecule has 0 spiro atoms. The van der Waals surface area contributed by atoms with Gasteiger partial charge in [-0.3, -0.25) is 9.59 Å². The van der Waals surface area contributed by atoms with Crippen LogP contribution in [-0.4, -0.2) is 35.5 Å². The van der Waals surface area contributed by atoms with Crippen molar-refractivity contribution in [2.24, 2.45) is 0 Å². The minimum Gasteiger partial charge on any atom is -0.481 e. The third-order valence-electron chi connectivity index (χ3n) is 2.19. The lowest BCUT2D eigenvalue weighted by Crippen LogP contribution is -2.29. The summed E-state index contributed by atoms with van der Waals surface area (Å²) >= 11 is 2.99. The SMILES string of the molecule is CN(CCC(=O)O)C(=O)c1cccc(F)c1Br. The Bertz CT molecular complexity index is 450. The van der Waals surface area contributed by atoms with E-state index in [2.05, 4.69) is 15.9 Å². The molecule has 0 bridgehead atoms. The highest BCUT2D eigenvalue weighted by atomic mass is 79.9. The number of carboxylic acid groups (broad SMARTS) is 1. The van der Waals surface area contributed by atoms with E-state index in [0.717, 1.165) is 0 Å². The third-order valence-corrected chi connectivity index (χ3v) is 3.00. The summed E-state index contributed by atoms with van der Waals surface area (Å²) in [6, 6.07) is 4.14. The number of hydrogen-bond acceptors (Lipinski definition) is 2. The summed E-state index contributed by atoms with van der Waals surface area (Å²) in [5.74, 6) is -1.93. The zero-order chi connectivity index (χ0) is 13.0. The molecule has 0 radical (unpaired) electrons. The number of carbonyl (C=O) groups is 2. The van der Waals surface area contributed by atoms with E-state index in [0.29, 0.717) is 0 Å². The Labute approximate surface area is 106 Å². The monoisotopic (exact) mass is 303 g/mol. The predicted octanol–water partition coefficient (Wildman–Crippen LogP) is 2.13. The van der Waals surface area contributed by atoms with Crippen LogP contribution in [0.3, 0.4) is 0 Å². The second-order valence-electron chi connectivity index (χ2n) is 3.47. The van der Waals surface area contributed by atoms with Crippen LogP contribution in [-0.2, 0) is 4.79 Å². The number of aliphatic carboxylic acids is 1.